The van der Waals surface area contributed by atoms with Crippen molar-refractivity contribution in [2.24, 2.45) is 5.41 Å². The van der Waals surface area contributed by atoms with Gasteiger partial charge in [0.05, 0.1) is 26.2 Å². The first-order valence-electron chi connectivity index (χ1n) is 10.3. The Morgan fingerprint density at radius 2 is 2.18 bits per heavy atom. The van der Waals surface area contributed by atoms with Crippen molar-refractivity contribution in [1.82, 2.24) is 14.8 Å². The monoisotopic (exact) mass is 385 g/mol. The molecule has 2 aliphatic heterocycles. The molecule has 6 nitrogen and oxygen atoms in total. The molecule has 2 aliphatic rings. The molecule has 1 amide bonds. The van der Waals surface area contributed by atoms with Crippen LogP contribution in [0.4, 0.5) is 0 Å². The lowest BCUT2D eigenvalue weighted by Crippen LogP contribution is -2.52. The molecule has 1 N–H and O–H groups in total. The second-order valence-corrected chi connectivity index (χ2v) is 8.28. The largest absolute Gasteiger partial charge is 0.383 e. The van der Waals surface area contributed by atoms with Crippen LogP contribution in [0.1, 0.15) is 18.4 Å². The number of nitrogens with zero attached hydrogens (tertiary/aromatic N) is 2. The molecule has 0 bridgehead atoms. The lowest BCUT2D eigenvalue weighted by atomic mass is 9.80. The number of ether oxygens (including phenoxy) is 2. The van der Waals surface area contributed by atoms with Gasteiger partial charge in [0.25, 0.3) is 0 Å². The number of nitrogens with one attached hydrogen (secondary N) is 1. The highest BCUT2D eigenvalue weighted by atomic mass is 16.5. The van der Waals surface area contributed by atoms with E-state index in [0.29, 0.717) is 6.42 Å². The van der Waals surface area contributed by atoms with E-state index in [4.69, 9.17) is 9.47 Å². The molecule has 152 valence electrons. The van der Waals surface area contributed by atoms with Gasteiger partial charge in [0.2, 0.25) is 5.91 Å². The Kier molecular flexibility index (Phi) is 5.99. The molecule has 2 saturated heterocycles. The van der Waals surface area contributed by atoms with Gasteiger partial charge in [-0.3, -0.25) is 9.69 Å². The van der Waals surface area contributed by atoms with Crippen LogP contribution in [0.15, 0.2) is 30.5 Å². The highest BCUT2D eigenvalue weighted by molar-refractivity contribution is 5.88. The van der Waals surface area contributed by atoms with Gasteiger partial charge >= 0.3 is 0 Å². The number of amides is 1. The Balaban J connectivity index is 1.44. The van der Waals surface area contributed by atoms with Crippen molar-refractivity contribution in [2.75, 3.05) is 59.7 Å². The molecule has 6 heteroatoms. The van der Waals surface area contributed by atoms with Gasteiger partial charge in [0.1, 0.15) is 0 Å². The van der Waals surface area contributed by atoms with E-state index < -0.39 is 0 Å². The molecule has 1 aromatic heterocycles. The van der Waals surface area contributed by atoms with E-state index in [2.05, 4.69) is 26.9 Å². The molecule has 0 unspecified atom stereocenters. The molecule has 1 atom stereocenters. The quantitative estimate of drug-likeness (QED) is 0.858. The second kappa shape index (κ2) is 8.64. The molecular formula is C22H31N3O3. The maximum absolute atomic E-state index is 13.1. The zero-order valence-electron chi connectivity index (χ0n) is 16.8. The molecule has 3 heterocycles. The van der Waals surface area contributed by atoms with Gasteiger partial charge in [0.15, 0.2) is 0 Å². The lowest BCUT2D eigenvalue weighted by Gasteiger charge is -2.43. The molecule has 28 heavy (non-hydrogen) atoms. The maximum Gasteiger partial charge on any atom is 0.227 e. The van der Waals surface area contributed by atoms with E-state index in [1.54, 1.807) is 7.11 Å². The van der Waals surface area contributed by atoms with Crippen molar-refractivity contribution in [2.45, 2.75) is 19.3 Å². The third kappa shape index (κ3) is 4.24. The summed E-state index contributed by atoms with van der Waals surface area (Å²) in [7, 11) is 1.75. The van der Waals surface area contributed by atoms with Gasteiger partial charge in [-0.2, -0.15) is 0 Å². The Labute approximate surface area is 166 Å². The van der Waals surface area contributed by atoms with E-state index in [1.165, 1.54) is 0 Å². The van der Waals surface area contributed by atoms with Crippen molar-refractivity contribution in [1.29, 1.82) is 0 Å². The average Bonchev–Trinajstić information content (AvgIpc) is 3.02. The fourth-order valence-corrected chi connectivity index (χ4v) is 4.71. The van der Waals surface area contributed by atoms with Crippen molar-refractivity contribution in [3.63, 3.8) is 0 Å². The van der Waals surface area contributed by atoms with E-state index >= 15 is 0 Å². The van der Waals surface area contributed by atoms with Crippen LogP contribution >= 0.6 is 0 Å². The van der Waals surface area contributed by atoms with E-state index in [-0.39, 0.29) is 11.3 Å². The number of aromatic nitrogens is 1. The third-order valence-electron chi connectivity index (χ3n) is 6.16. The number of para-hydroxylation sites is 1. The van der Waals surface area contributed by atoms with Crippen LogP contribution in [0.5, 0.6) is 0 Å². The Hall–Kier alpha value is -1.89. The van der Waals surface area contributed by atoms with Gasteiger partial charge in [-0.15, -0.1) is 0 Å². The predicted octanol–water partition coefficient (Wildman–Crippen LogP) is 2.30. The smallest absolute Gasteiger partial charge is 0.227 e. The first-order chi connectivity index (χ1) is 13.7. The van der Waals surface area contributed by atoms with Crippen LogP contribution in [0.2, 0.25) is 0 Å². The third-order valence-corrected chi connectivity index (χ3v) is 6.16. The molecule has 0 aliphatic carbocycles. The summed E-state index contributed by atoms with van der Waals surface area (Å²) < 4.78 is 11.2. The van der Waals surface area contributed by atoms with Crippen LogP contribution in [-0.2, 0) is 20.7 Å². The lowest BCUT2D eigenvalue weighted by molar-refractivity contribution is -0.135. The summed E-state index contributed by atoms with van der Waals surface area (Å²) in [6.07, 6.45) is 4.59. The Morgan fingerprint density at radius 3 is 3.07 bits per heavy atom. The number of likely N-dealkylation sites (tertiary alicyclic amines) is 1. The zero-order chi connectivity index (χ0) is 19.4. The standard InChI is InChI=1S/C22H31N3O3/c1-27-11-9-24-10-12-28-17-22(15-24)7-4-8-25(16-22)21(26)13-18-14-23-20-6-3-2-5-19(18)20/h2-3,5-6,14,23H,4,7-13,15-17H2,1H3/t22-/m0/s1. The molecule has 1 spiro atoms. The van der Waals surface area contributed by atoms with Crippen molar-refractivity contribution in [3.8, 4) is 0 Å². The number of benzene rings is 1. The van der Waals surface area contributed by atoms with Gasteiger partial charge in [-0.25, -0.2) is 0 Å². The minimum atomic E-state index is 0.0400. The number of hydrogen-bond acceptors (Lipinski definition) is 4. The average molecular weight is 386 g/mol. The number of carbonyl (C=O) groups is 1. The van der Waals surface area contributed by atoms with Crippen molar-refractivity contribution >= 4 is 16.8 Å². The molecule has 0 saturated carbocycles. The number of piperidine rings is 1. The summed E-state index contributed by atoms with van der Waals surface area (Å²) in [4.78, 5) is 20.9. The summed E-state index contributed by atoms with van der Waals surface area (Å²) >= 11 is 0. The summed E-state index contributed by atoms with van der Waals surface area (Å²) in [6, 6.07) is 8.17. The zero-order valence-corrected chi connectivity index (χ0v) is 16.8. The second-order valence-electron chi connectivity index (χ2n) is 8.28. The van der Waals surface area contributed by atoms with Crippen molar-refractivity contribution in [3.05, 3.63) is 36.0 Å². The number of H-pyrrole nitrogens is 1. The molecular weight excluding hydrogens is 354 g/mol. The highest BCUT2D eigenvalue weighted by Crippen LogP contribution is 2.33. The summed E-state index contributed by atoms with van der Waals surface area (Å²) in [5, 5.41) is 1.14. The van der Waals surface area contributed by atoms with Crippen LogP contribution in [0, 0.1) is 5.41 Å². The van der Waals surface area contributed by atoms with Gasteiger partial charge in [-0.1, -0.05) is 18.2 Å². The molecule has 2 aromatic rings. The normalized spacial score (nSPS) is 24.0. The molecule has 1 aromatic carbocycles. The number of carbonyl (C=O) groups excluding carboxylic acids is 1. The summed E-state index contributed by atoms with van der Waals surface area (Å²) in [5.41, 5.74) is 2.21. The Bertz CT molecular complexity index is 805. The first-order valence-corrected chi connectivity index (χ1v) is 10.3. The SMILES string of the molecule is COCCN1CCOC[C@@]2(CCCN(C(=O)Cc3c[nH]c4ccccc34)C2)C1. The first kappa shape index (κ1) is 19.4. The minimum absolute atomic E-state index is 0.0400. The van der Waals surface area contributed by atoms with E-state index in [9.17, 15) is 4.79 Å². The van der Waals surface area contributed by atoms with Gasteiger partial charge in [-0.05, 0) is 24.5 Å². The fourth-order valence-electron chi connectivity index (χ4n) is 4.71. The van der Waals surface area contributed by atoms with Crippen LogP contribution < -0.4 is 0 Å². The maximum atomic E-state index is 13.1. The van der Waals surface area contributed by atoms with Crippen LogP contribution in [-0.4, -0.2) is 80.3 Å². The van der Waals surface area contributed by atoms with E-state index in [1.807, 2.05) is 18.3 Å². The van der Waals surface area contributed by atoms with E-state index in [0.717, 1.165) is 81.9 Å². The van der Waals surface area contributed by atoms with Gasteiger partial charge in [0, 0.05) is 62.3 Å². The van der Waals surface area contributed by atoms with Gasteiger partial charge < -0.3 is 19.4 Å². The van der Waals surface area contributed by atoms with Crippen molar-refractivity contribution < 1.29 is 14.3 Å². The number of aromatic amines is 1. The number of rotatable bonds is 5. The number of fused-ring (bicyclic) bond motifs is 1. The number of methoxy groups -OCH3 is 1. The molecule has 4 rings (SSSR count). The topological polar surface area (TPSA) is 57.8 Å². The Morgan fingerprint density at radius 1 is 1.29 bits per heavy atom. The molecule has 2 fully saturated rings. The van der Waals surface area contributed by atoms with Crippen LogP contribution in [0.3, 0.4) is 0 Å². The molecule has 0 radical (unpaired) electrons. The summed E-state index contributed by atoms with van der Waals surface area (Å²) in [6.45, 7) is 6.71. The fraction of sp³-hybridized carbons (Fsp3) is 0.591. The van der Waals surface area contributed by atoms with Crippen LogP contribution in [0.25, 0.3) is 10.9 Å². The summed E-state index contributed by atoms with van der Waals surface area (Å²) in [5.74, 6) is 0.219. The highest BCUT2D eigenvalue weighted by Gasteiger charge is 2.40. The minimum Gasteiger partial charge on any atom is -0.383 e. The predicted molar refractivity (Wildman–Crippen MR) is 109 cm³/mol. The number of hydrogen-bond donors (Lipinski definition) is 1.